The van der Waals surface area contributed by atoms with E-state index >= 15 is 0 Å². The molecule has 1 amide bonds. The molecule has 0 spiro atoms. The molecule has 1 atom stereocenters. The smallest absolute Gasteiger partial charge is 0.225 e. The standard InChI is InChI=1S/C13H25NO/c1-5-6-7-8-9-10-11-12(2)13(15)14(3)4/h9-10,12H,5-8,11H2,1-4H3/b10-9-. The fourth-order valence-corrected chi connectivity index (χ4v) is 1.47. The van der Waals surface area contributed by atoms with Crippen LogP contribution < -0.4 is 0 Å². The van der Waals surface area contributed by atoms with E-state index in [4.69, 9.17) is 0 Å². The van der Waals surface area contributed by atoms with Gasteiger partial charge in [0.1, 0.15) is 0 Å². The molecule has 0 bridgehead atoms. The Kier molecular flexibility index (Phi) is 8.06. The summed E-state index contributed by atoms with van der Waals surface area (Å²) in [4.78, 5) is 13.2. The third-order valence-electron chi connectivity index (χ3n) is 2.49. The number of amides is 1. The van der Waals surface area contributed by atoms with Gasteiger partial charge < -0.3 is 4.90 Å². The molecule has 0 aromatic heterocycles. The van der Waals surface area contributed by atoms with Gasteiger partial charge in [0.05, 0.1) is 0 Å². The second-order valence-electron chi connectivity index (χ2n) is 4.34. The van der Waals surface area contributed by atoms with Crippen molar-refractivity contribution < 1.29 is 4.79 Å². The van der Waals surface area contributed by atoms with Gasteiger partial charge in [-0.25, -0.2) is 0 Å². The zero-order chi connectivity index (χ0) is 11.7. The van der Waals surface area contributed by atoms with Crippen molar-refractivity contribution in [2.45, 2.75) is 46.0 Å². The van der Waals surface area contributed by atoms with Crippen LogP contribution in [0.1, 0.15) is 46.0 Å². The Morgan fingerprint density at radius 3 is 2.47 bits per heavy atom. The summed E-state index contributed by atoms with van der Waals surface area (Å²) in [5, 5.41) is 0. The van der Waals surface area contributed by atoms with Gasteiger partial charge in [-0.2, -0.15) is 0 Å². The van der Waals surface area contributed by atoms with E-state index in [-0.39, 0.29) is 11.8 Å². The molecule has 0 aliphatic rings. The number of hydrogen-bond acceptors (Lipinski definition) is 1. The molecule has 0 radical (unpaired) electrons. The van der Waals surface area contributed by atoms with E-state index in [1.807, 2.05) is 21.0 Å². The first-order valence-corrected chi connectivity index (χ1v) is 5.95. The molecule has 2 nitrogen and oxygen atoms in total. The summed E-state index contributed by atoms with van der Waals surface area (Å²) in [6.45, 7) is 4.19. The maximum absolute atomic E-state index is 11.5. The van der Waals surface area contributed by atoms with Crippen LogP contribution in [0.5, 0.6) is 0 Å². The number of rotatable bonds is 7. The molecule has 0 aromatic rings. The maximum atomic E-state index is 11.5. The summed E-state index contributed by atoms with van der Waals surface area (Å²) < 4.78 is 0. The zero-order valence-corrected chi connectivity index (χ0v) is 10.6. The number of allylic oxidation sites excluding steroid dienone is 2. The molecule has 0 rings (SSSR count). The van der Waals surface area contributed by atoms with Crippen molar-refractivity contribution in [3.8, 4) is 0 Å². The highest BCUT2D eigenvalue weighted by Gasteiger charge is 2.12. The highest BCUT2D eigenvalue weighted by Crippen LogP contribution is 2.07. The van der Waals surface area contributed by atoms with E-state index < -0.39 is 0 Å². The maximum Gasteiger partial charge on any atom is 0.225 e. The molecule has 0 aliphatic heterocycles. The lowest BCUT2D eigenvalue weighted by molar-refractivity contribution is -0.132. The van der Waals surface area contributed by atoms with E-state index in [0.29, 0.717) is 0 Å². The SMILES string of the molecule is CCCCC/C=C\CC(C)C(=O)N(C)C. The Bertz CT molecular complexity index is 197. The third-order valence-corrected chi connectivity index (χ3v) is 2.49. The van der Waals surface area contributed by atoms with Crippen molar-refractivity contribution in [3.05, 3.63) is 12.2 Å². The van der Waals surface area contributed by atoms with Gasteiger partial charge in [-0.3, -0.25) is 4.79 Å². The van der Waals surface area contributed by atoms with Crippen LogP contribution in [-0.4, -0.2) is 24.9 Å². The first kappa shape index (κ1) is 14.2. The van der Waals surface area contributed by atoms with Crippen molar-refractivity contribution in [1.29, 1.82) is 0 Å². The lowest BCUT2D eigenvalue weighted by Crippen LogP contribution is -2.27. The number of hydrogen-bond donors (Lipinski definition) is 0. The van der Waals surface area contributed by atoms with Gasteiger partial charge in [0.2, 0.25) is 5.91 Å². The first-order chi connectivity index (χ1) is 7.09. The average molecular weight is 211 g/mol. The summed E-state index contributed by atoms with van der Waals surface area (Å²) in [6, 6.07) is 0. The molecule has 0 N–H and O–H groups in total. The van der Waals surface area contributed by atoms with Gasteiger partial charge in [0.15, 0.2) is 0 Å². The van der Waals surface area contributed by atoms with E-state index in [0.717, 1.165) is 12.8 Å². The lowest BCUT2D eigenvalue weighted by atomic mass is 10.1. The van der Waals surface area contributed by atoms with E-state index in [9.17, 15) is 4.79 Å². The second-order valence-corrected chi connectivity index (χ2v) is 4.34. The quantitative estimate of drug-likeness (QED) is 0.467. The van der Waals surface area contributed by atoms with Crippen LogP contribution in [0.3, 0.4) is 0 Å². The Labute approximate surface area is 94.4 Å². The van der Waals surface area contributed by atoms with Crippen molar-refractivity contribution >= 4 is 5.91 Å². The molecule has 15 heavy (non-hydrogen) atoms. The molecule has 0 saturated heterocycles. The van der Waals surface area contributed by atoms with Gasteiger partial charge in [-0.05, 0) is 19.3 Å². The molecule has 88 valence electrons. The van der Waals surface area contributed by atoms with Crippen LogP contribution in [0, 0.1) is 5.92 Å². The second kappa shape index (κ2) is 8.51. The molecule has 0 aliphatic carbocycles. The van der Waals surface area contributed by atoms with E-state index in [1.54, 1.807) is 4.90 Å². The summed E-state index contributed by atoms with van der Waals surface area (Å²) in [6.07, 6.45) is 10.2. The average Bonchev–Trinajstić information content (AvgIpc) is 2.21. The van der Waals surface area contributed by atoms with Crippen LogP contribution in [-0.2, 0) is 4.79 Å². The fraction of sp³-hybridized carbons (Fsp3) is 0.769. The Morgan fingerprint density at radius 1 is 1.27 bits per heavy atom. The summed E-state index contributed by atoms with van der Waals surface area (Å²) in [5.41, 5.74) is 0. The van der Waals surface area contributed by atoms with Gasteiger partial charge >= 0.3 is 0 Å². The molecule has 0 aromatic carbocycles. The normalized spacial score (nSPS) is 13.1. The predicted molar refractivity (Wildman–Crippen MR) is 65.8 cm³/mol. The topological polar surface area (TPSA) is 20.3 Å². The number of carbonyl (C=O) groups is 1. The van der Waals surface area contributed by atoms with Crippen LogP contribution in [0.15, 0.2) is 12.2 Å². The monoisotopic (exact) mass is 211 g/mol. The predicted octanol–water partition coefficient (Wildman–Crippen LogP) is 3.24. The highest BCUT2D eigenvalue weighted by molar-refractivity contribution is 5.78. The van der Waals surface area contributed by atoms with Crippen LogP contribution in [0.4, 0.5) is 0 Å². The lowest BCUT2D eigenvalue weighted by Gasteiger charge is -2.14. The number of unbranched alkanes of at least 4 members (excludes halogenated alkanes) is 3. The number of nitrogens with zero attached hydrogens (tertiary/aromatic N) is 1. The molecule has 0 heterocycles. The molecular formula is C13H25NO. The van der Waals surface area contributed by atoms with Gasteiger partial charge in [0.25, 0.3) is 0 Å². The van der Waals surface area contributed by atoms with Gasteiger partial charge in [-0.15, -0.1) is 0 Å². The Balaban J connectivity index is 3.61. The van der Waals surface area contributed by atoms with E-state index in [2.05, 4.69) is 19.1 Å². The third kappa shape index (κ3) is 7.18. The minimum Gasteiger partial charge on any atom is -0.349 e. The molecule has 2 heteroatoms. The van der Waals surface area contributed by atoms with Crippen molar-refractivity contribution in [2.24, 2.45) is 5.92 Å². The van der Waals surface area contributed by atoms with Crippen molar-refractivity contribution in [2.75, 3.05) is 14.1 Å². The highest BCUT2D eigenvalue weighted by atomic mass is 16.2. The van der Waals surface area contributed by atoms with E-state index in [1.165, 1.54) is 19.3 Å². The van der Waals surface area contributed by atoms with Crippen molar-refractivity contribution in [3.63, 3.8) is 0 Å². The van der Waals surface area contributed by atoms with Crippen molar-refractivity contribution in [1.82, 2.24) is 4.90 Å². The molecular weight excluding hydrogens is 186 g/mol. The van der Waals surface area contributed by atoms with Gasteiger partial charge in [0, 0.05) is 20.0 Å². The molecule has 0 fully saturated rings. The van der Waals surface area contributed by atoms with Crippen LogP contribution in [0.2, 0.25) is 0 Å². The fourth-order valence-electron chi connectivity index (χ4n) is 1.47. The first-order valence-electron chi connectivity index (χ1n) is 5.95. The summed E-state index contributed by atoms with van der Waals surface area (Å²) in [5.74, 6) is 0.329. The Morgan fingerprint density at radius 2 is 1.93 bits per heavy atom. The zero-order valence-electron chi connectivity index (χ0n) is 10.6. The minimum absolute atomic E-state index is 0.113. The molecule has 1 unspecified atom stereocenters. The molecule has 0 saturated carbocycles. The van der Waals surface area contributed by atoms with Gasteiger partial charge in [-0.1, -0.05) is 38.8 Å². The number of carbonyl (C=O) groups excluding carboxylic acids is 1. The largest absolute Gasteiger partial charge is 0.349 e. The minimum atomic E-state index is 0.113. The van der Waals surface area contributed by atoms with Crippen LogP contribution >= 0.6 is 0 Å². The Hall–Kier alpha value is -0.790. The van der Waals surface area contributed by atoms with Crippen LogP contribution in [0.25, 0.3) is 0 Å². The summed E-state index contributed by atoms with van der Waals surface area (Å²) >= 11 is 0. The summed E-state index contributed by atoms with van der Waals surface area (Å²) in [7, 11) is 3.62.